The molecule has 4 nitrogen and oxygen atoms in total. The third-order valence-electron chi connectivity index (χ3n) is 3.81. The molecular weight excluding hydrogens is 248 g/mol. The summed E-state index contributed by atoms with van der Waals surface area (Å²) in [6, 6.07) is -0.281. The van der Waals surface area contributed by atoms with E-state index in [1.165, 1.54) is 4.88 Å². The highest BCUT2D eigenvalue weighted by molar-refractivity contribution is 7.10. The molecule has 2 aliphatic rings. The standard InChI is InChI=1S/C13H16N2O2S/c1-8-9-6-15(13(17)10(9)7-18-8)11-4-2-3-5-14-12(11)16/h7,11H,2-6H2,1H3,(H,14,16). The van der Waals surface area contributed by atoms with E-state index in [9.17, 15) is 9.59 Å². The summed E-state index contributed by atoms with van der Waals surface area (Å²) in [7, 11) is 0. The first-order valence-corrected chi connectivity index (χ1v) is 7.22. The van der Waals surface area contributed by atoms with Gasteiger partial charge in [0.25, 0.3) is 5.91 Å². The van der Waals surface area contributed by atoms with E-state index in [2.05, 4.69) is 5.32 Å². The normalized spacial score (nSPS) is 23.8. The van der Waals surface area contributed by atoms with E-state index in [-0.39, 0.29) is 17.9 Å². The van der Waals surface area contributed by atoms with Crippen molar-refractivity contribution in [2.45, 2.75) is 38.8 Å². The summed E-state index contributed by atoms with van der Waals surface area (Å²) in [6.07, 6.45) is 2.79. The van der Waals surface area contributed by atoms with Crippen LogP contribution in [0.3, 0.4) is 0 Å². The molecule has 2 aliphatic heterocycles. The Morgan fingerprint density at radius 3 is 3.00 bits per heavy atom. The van der Waals surface area contributed by atoms with Gasteiger partial charge in [0.15, 0.2) is 0 Å². The molecule has 1 aromatic rings. The summed E-state index contributed by atoms with van der Waals surface area (Å²) in [5.41, 5.74) is 1.91. The van der Waals surface area contributed by atoms with Crippen molar-refractivity contribution in [2.75, 3.05) is 6.54 Å². The van der Waals surface area contributed by atoms with Crippen LogP contribution < -0.4 is 5.32 Å². The van der Waals surface area contributed by atoms with E-state index in [1.54, 1.807) is 16.2 Å². The van der Waals surface area contributed by atoms with E-state index >= 15 is 0 Å². The van der Waals surface area contributed by atoms with Crippen LogP contribution in [0, 0.1) is 6.92 Å². The molecule has 1 atom stereocenters. The lowest BCUT2D eigenvalue weighted by Crippen LogP contribution is -2.45. The molecule has 1 N–H and O–H groups in total. The van der Waals surface area contributed by atoms with Crippen LogP contribution in [0.4, 0.5) is 0 Å². The Labute approximate surface area is 110 Å². The molecule has 1 fully saturated rings. The minimum absolute atomic E-state index is 0.00679. The Balaban J connectivity index is 1.86. The summed E-state index contributed by atoms with van der Waals surface area (Å²) in [5.74, 6) is 0.0312. The Bertz CT molecular complexity index is 509. The number of carbonyl (C=O) groups excluding carboxylic acids is 2. The van der Waals surface area contributed by atoms with Crippen molar-refractivity contribution in [1.29, 1.82) is 0 Å². The van der Waals surface area contributed by atoms with Crippen molar-refractivity contribution >= 4 is 23.2 Å². The Morgan fingerprint density at radius 2 is 2.22 bits per heavy atom. The number of carbonyl (C=O) groups is 2. The van der Waals surface area contributed by atoms with Crippen LogP contribution >= 0.6 is 11.3 Å². The van der Waals surface area contributed by atoms with Gasteiger partial charge >= 0.3 is 0 Å². The van der Waals surface area contributed by atoms with Gasteiger partial charge in [0.1, 0.15) is 6.04 Å². The van der Waals surface area contributed by atoms with Crippen molar-refractivity contribution in [2.24, 2.45) is 0 Å². The lowest BCUT2D eigenvalue weighted by Gasteiger charge is -2.25. The van der Waals surface area contributed by atoms with E-state index in [0.29, 0.717) is 6.54 Å². The Hall–Kier alpha value is -1.36. The fourth-order valence-electron chi connectivity index (χ4n) is 2.72. The first-order chi connectivity index (χ1) is 8.68. The van der Waals surface area contributed by atoms with Gasteiger partial charge in [0.2, 0.25) is 5.91 Å². The molecule has 18 heavy (non-hydrogen) atoms. The molecule has 3 heterocycles. The molecule has 1 aromatic heterocycles. The maximum absolute atomic E-state index is 12.3. The van der Waals surface area contributed by atoms with Gasteiger partial charge in [-0.1, -0.05) is 0 Å². The molecule has 5 heteroatoms. The molecule has 0 spiro atoms. The fourth-order valence-corrected chi connectivity index (χ4v) is 3.58. The summed E-state index contributed by atoms with van der Waals surface area (Å²) in [4.78, 5) is 27.3. The molecule has 0 aromatic carbocycles. The van der Waals surface area contributed by atoms with Crippen LogP contribution in [-0.4, -0.2) is 29.3 Å². The maximum Gasteiger partial charge on any atom is 0.256 e. The molecule has 0 bridgehead atoms. The third kappa shape index (κ3) is 1.73. The van der Waals surface area contributed by atoms with Crippen molar-refractivity contribution in [3.05, 3.63) is 21.4 Å². The minimum Gasteiger partial charge on any atom is -0.354 e. The van der Waals surface area contributed by atoms with Gasteiger partial charge in [0, 0.05) is 23.3 Å². The van der Waals surface area contributed by atoms with Crippen molar-refractivity contribution in [3.8, 4) is 0 Å². The molecule has 1 saturated heterocycles. The molecule has 0 aliphatic carbocycles. The van der Waals surface area contributed by atoms with Crippen LogP contribution in [-0.2, 0) is 11.3 Å². The molecular formula is C13H16N2O2S. The quantitative estimate of drug-likeness (QED) is 0.839. The number of fused-ring (bicyclic) bond motifs is 1. The number of nitrogens with zero attached hydrogens (tertiary/aromatic N) is 1. The zero-order valence-electron chi connectivity index (χ0n) is 10.4. The number of thiophene rings is 1. The summed E-state index contributed by atoms with van der Waals surface area (Å²) < 4.78 is 0. The zero-order chi connectivity index (χ0) is 12.7. The lowest BCUT2D eigenvalue weighted by atomic mass is 10.1. The second-order valence-electron chi connectivity index (χ2n) is 4.92. The smallest absolute Gasteiger partial charge is 0.256 e. The van der Waals surface area contributed by atoms with Gasteiger partial charge in [-0.25, -0.2) is 0 Å². The van der Waals surface area contributed by atoms with Crippen molar-refractivity contribution in [1.82, 2.24) is 10.2 Å². The monoisotopic (exact) mass is 264 g/mol. The summed E-state index contributed by atoms with van der Waals surface area (Å²) in [6.45, 7) is 3.37. The van der Waals surface area contributed by atoms with Gasteiger partial charge in [0.05, 0.1) is 5.56 Å². The number of aryl methyl sites for hydroxylation is 1. The third-order valence-corrected chi connectivity index (χ3v) is 4.76. The highest BCUT2D eigenvalue weighted by Crippen LogP contribution is 2.32. The van der Waals surface area contributed by atoms with E-state index in [1.807, 2.05) is 12.3 Å². The van der Waals surface area contributed by atoms with Gasteiger partial charge in [-0.2, -0.15) is 0 Å². The molecule has 0 radical (unpaired) electrons. The molecule has 0 saturated carbocycles. The second kappa shape index (κ2) is 4.39. The molecule has 96 valence electrons. The van der Waals surface area contributed by atoms with Gasteiger partial charge in [-0.3, -0.25) is 9.59 Å². The highest BCUT2D eigenvalue weighted by Gasteiger charge is 2.37. The van der Waals surface area contributed by atoms with E-state index in [4.69, 9.17) is 0 Å². The van der Waals surface area contributed by atoms with Crippen LogP contribution in [0.25, 0.3) is 0 Å². The van der Waals surface area contributed by atoms with Gasteiger partial charge in [-0.05, 0) is 31.7 Å². The maximum atomic E-state index is 12.3. The number of nitrogens with one attached hydrogen (secondary N) is 1. The average molecular weight is 264 g/mol. The fraction of sp³-hybridized carbons (Fsp3) is 0.538. The predicted octanol–water partition coefficient (Wildman–Crippen LogP) is 1.68. The van der Waals surface area contributed by atoms with Gasteiger partial charge < -0.3 is 10.2 Å². The number of hydrogen-bond acceptors (Lipinski definition) is 3. The molecule has 2 amide bonds. The average Bonchev–Trinajstić information content (AvgIpc) is 2.78. The summed E-state index contributed by atoms with van der Waals surface area (Å²) in [5, 5.41) is 4.81. The van der Waals surface area contributed by atoms with E-state index in [0.717, 1.165) is 36.9 Å². The number of hydrogen-bond donors (Lipinski definition) is 1. The van der Waals surface area contributed by atoms with E-state index < -0.39 is 0 Å². The number of rotatable bonds is 1. The predicted molar refractivity (Wildman–Crippen MR) is 69.6 cm³/mol. The second-order valence-corrected chi connectivity index (χ2v) is 6.00. The topological polar surface area (TPSA) is 49.4 Å². The molecule has 3 rings (SSSR count). The highest BCUT2D eigenvalue weighted by atomic mass is 32.1. The SMILES string of the molecule is Cc1scc2c1CN(C1CCCCNC1=O)C2=O. The van der Waals surface area contributed by atoms with Crippen LogP contribution in [0.15, 0.2) is 5.38 Å². The first kappa shape index (κ1) is 11.7. The molecule has 1 unspecified atom stereocenters. The Kier molecular flexibility index (Phi) is 2.86. The zero-order valence-corrected chi connectivity index (χ0v) is 11.2. The number of amides is 2. The van der Waals surface area contributed by atoms with Crippen molar-refractivity contribution < 1.29 is 9.59 Å². The lowest BCUT2D eigenvalue weighted by molar-refractivity contribution is -0.125. The largest absolute Gasteiger partial charge is 0.354 e. The first-order valence-electron chi connectivity index (χ1n) is 6.34. The Morgan fingerprint density at radius 1 is 1.39 bits per heavy atom. The van der Waals surface area contributed by atoms with Crippen molar-refractivity contribution in [3.63, 3.8) is 0 Å². The summed E-state index contributed by atoms with van der Waals surface area (Å²) >= 11 is 1.62. The van der Waals surface area contributed by atoms with Gasteiger partial charge in [-0.15, -0.1) is 11.3 Å². The minimum atomic E-state index is -0.281. The van der Waals surface area contributed by atoms with Crippen LogP contribution in [0.2, 0.25) is 0 Å². The van der Waals surface area contributed by atoms with Crippen LogP contribution in [0.5, 0.6) is 0 Å². The van der Waals surface area contributed by atoms with Crippen LogP contribution in [0.1, 0.15) is 40.1 Å².